The molecule has 0 fully saturated rings. The third kappa shape index (κ3) is 5.25. The van der Waals surface area contributed by atoms with Gasteiger partial charge < -0.3 is 10.1 Å². The molecule has 1 atom stereocenters. The minimum atomic E-state index is -3.90. The Kier molecular flexibility index (Phi) is 6.65. The van der Waals surface area contributed by atoms with Gasteiger partial charge in [-0.15, -0.1) is 0 Å². The highest BCUT2D eigenvalue weighted by Gasteiger charge is 2.18. The first-order valence-corrected chi connectivity index (χ1v) is 9.41. The van der Waals surface area contributed by atoms with E-state index >= 15 is 0 Å². The zero-order valence-electron chi connectivity index (χ0n) is 11.9. The molecule has 21 heavy (non-hydrogen) atoms. The number of carbonyl (C=O) groups is 1. The molecule has 1 aromatic rings. The topological polar surface area (TPSA) is 72.5 Å². The summed E-state index contributed by atoms with van der Waals surface area (Å²) in [6.45, 7) is 6.32. The summed E-state index contributed by atoms with van der Waals surface area (Å²) in [5, 5.41) is 2.71. The third-order valence-corrected chi connectivity index (χ3v) is 5.00. The third-order valence-electron chi connectivity index (χ3n) is 2.85. The van der Waals surface area contributed by atoms with E-state index in [4.69, 9.17) is 15.4 Å². The van der Waals surface area contributed by atoms with Gasteiger partial charge in [-0.1, -0.05) is 15.9 Å². The second-order valence-electron chi connectivity index (χ2n) is 4.49. The number of halogens is 2. The van der Waals surface area contributed by atoms with Gasteiger partial charge in [0.1, 0.15) is 0 Å². The maximum atomic E-state index is 12.2. The molecule has 0 saturated carbocycles. The van der Waals surface area contributed by atoms with E-state index in [9.17, 15) is 13.2 Å². The highest BCUT2D eigenvalue weighted by atomic mass is 79.9. The quantitative estimate of drug-likeness (QED) is 0.748. The Bertz CT molecular complexity index is 633. The lowest BCUT2D eigenvalue weighted by atomic mass is 10.1. The van der Waals surface area contributed by atoms with Crippen molar-refractivity contribution in [2.45, 2.75) is 31.8 Å². The van der Waals surface area contributed by atoms with Crippen molar-refractivity contribution in [3.8, 4) is 0 Å². The fourth-order valence-corrected chi connectivity index (χ4v) is 3.10. The summed E-state index contributed by atoms with van der Waals surface area (Å²) < 4.78 is 28.7. The van der Waals surface area contributed by atoms with Crippen molar-refractivity contribution >= 4 is 41.6 Å². The number of ether oxygens (including phenoxy) is 1. The number of rotatable bonds is 6. The fraction of sp³-hybridized carbons (Fsp3) is 0.462. The van der Waals surface area contributed by atoms with Gasteiger partial charge in [-0.05, 0) is 38.5 Å². The molecule has 1 aromatic carbocycles. The Morgan fingerprint density at radius 1 is 1.48 bits per heavy atom. The van der Waals surface area contributed by atoms with E-state index in [0.717, 1.165) is 0 Å². The molecule has 1 rings (SSSR count). The minimum Gasteiger partial charge on any atom is -0.377 e. The second-order valence-corrected chi connectivity index (χ2v) is 7.91. The molecule has 0 aliphatic heterocycles. The van der Waals surface area contributed by atoms with Crippen LogP contribution in [0.15, 0.2) is 21.5 Å². The summed E-state index contributed by atoms with van der Waals surface area (Å²) in [6.07, 6.45) is -0.123. The van der Waals surface area contributed by atoms with Crippen molar-refractivity contribution < 1.29 is 17.9 Å². The van der Waals surface area contributed by atoms with Crippen molar-refractivity contribution in [2.24, 2.45) is 0 Å². The summed E-state index contributed by atoms with van der Waals surface area (Å²) in [4.78, 5) is 12.1. The average molecular weight is 399 g/mol. The summed E-state index contributed by atoms with van der Waals surface area (Å²) in [6, 6.07) is 2.64. The molecule has 0 radical (unpaired) electrons. The fourth-order valence-electron chi connectivity index (χ4n) is 1.71. The lowest BCUT2D eigenvalue weighted by Gasteiger charge is -2.14. The van der Waals surface area contributed by atoms with E-state index in [2.05, 4.69) is 21.2 Å². The standard InChI is InChI=1S/C13H17BrClNO4S/c1-4-20-8(2)7-16-13(17)11-5-10(21(15,18)19)6-12(14)9(11)3/h5-6,8H,4,7H2,1-3H3,(H,16,17). The molecule has 0 aliphatic rings. The Balaban J connectivity index is 3.01. The van der Waals surface area contributed by atoms with E-state index in [0.29, 0.717) is 23.2 Å². The van der Waals surface area contributed by atoms with Crippen LogP contribution >= 0.6 is 26.6 Å². The molecule has 0 bridgehead atoms. The van der Waals surface area contributed by atoms with Crippen LogP contribution in [0.5, 0.6) is 0 Å². The highest BCUT2D eigenvalue weighted by Crippen LogP contribution is 2.26. The molecule has 0 aliphatic carbocycles. The van der Waals surface area contributed by atoms with Crippen LogP contribution in [0.4, 0.5) is 0 Å². The number of hydrogen-bond donors (Lipinski definition) is 1. The highest BCUT2D eigenvalue weighted by molar-refractivity contribution is 9.10. The van der Waals surface area contributed by atoms with Crippen LogP contribution in [0.25, 0.3) is 0 Å². The zero-order valence-corrected chi connectivity index (χ0v) is 15.1. The molecule has 1 amide bonds. The van der Waals surface area contributed by atoms with Crippen LogP contribution in [0.1, 0.15) is 29.8 Å². The second kappa shape index (κ2) is 7.58. The van der Waals surface area contributed by atoms with Gasteiger partial charge in [0.15, 0.2) is 0 Å². The molecule has 118 valence electrons. The van der Waals surface area contributed by atoms with Gasteiger partial charge in [0.05, 0.1) is 11.0 Å². The number of amides is 1. The van der Waals surface area contributed by atoms with Crippen molar-refractivity contribution in [3.05, 3.63) is 27.7 Å². The lowest BCUT2D eigenvalue weighted by Crippen LogP contribution is -2.32. The molecule has 1 unspecified atom stereocenters. The first-order chi connectivity index (χ1) is 9.66. The van der Waals surface area contributed by atoms with E-state index in [1.807, 2.05) is 13.8 Å². The molecular formula is C13H17BrClNO4S. The van der Waals surface area contributed by atoms with Crippen molar-refractivity contribution in [1.82, 2.24) is 5.32 Å². The number of carbonyl (C=O) groups excluding carboxylic acids is 1. The normalized spacial score (nSPS) is 13.0. The first-order valence-electron chi connectivity index (χ1n) is 6.31. The molecule has 1 N–H and O–H groups in total. The van der Waals surface area contributed by atoms with Gasteiger partial charge in [-0.2, -0.15) is 0 Å². The Morgan fingerprint density at radius 3 is 2.62 bits per heavy atom. The van der Waals surface area contributed by atoms with Crippen LogP contribution in [0.2, 0.25) is 0 Å². The molecule has 8 heteroatoms. The van der Waals surface area contributed by atoms with Gasteiger partial charge >= 0.3 is 0 Å². The summed E-state index contributed by atoms with van der Waals surface area (Å²) in [5.41, 5.74) is 0.896. The summed E-state index contributed by atoms with van der Waals surface area (Å²) in [7, 11) is 1.43. The van der Waals surface area contributed by atoms with Gasteiger partial charge in [0.2, 0.25) is 0 Å². The number of hydrogen-bond acceptors (Lipinski definition) is 4. The molecule has 0 aromatic heterocycles. The van der Waals surface area contributed by atoms with Crippen LogP contribution in [-0.4, -0.2) is 33.6 Å². The molecule has 0 saturated heterocycles. The van der Waals surface area contributed by atoms with Crippen molar-refractivity contribution in [3.63, 3.8) is 0 Å². The summed E-state index contributed by atoms with van der Waals surface area (Å²) >= 11 is 3.23. The van der Waals surface area contributed by atoms with Crippen LogP contribution in [0.3, 0.4) is 0 Å². The van der Waals surface area contributed by atoms with Gasteiger partial charge in [-0.3, -0.25) is 4.79 Å². The van der Waals surface area contributed by atoms with E-state index in [1.54, 1.807) is 6.92 Å². The molecular weight excluding hydrogens is 382 g/mol. The Morgan fingerprint density at radius 2 is 2.10 bits per heavy atom. The zero-order chi connectivity index (χ0) is 16.2. The van der Waals surface area contributed by atoms with Crippen molar-refractivity contribution in [1.29, 1.82) is 0 Å². The predicted molar refractivity (Wildman–Crippen MR) is 85.3 cm³/mol. The molecule has 0 spiro atoms. The van der Waals surface area contributed by atoms with Crippen molar-refractivity contribution in [2.75, 3.05) is 13.2 Å². The van der Waals surface area contributed by atoms with Gasteiger partial charge in [-0.25, -0.2) is 8.42 Å². The lowest BCUT2D eigenvalue weighted by molar-refractivity contribution is 0.0694. The molecule has 0 heterocycles. The summed E-state index contributed by atoms with van der Waals surface area (Å²) in [5.74, 6) is -0.373. The largest absolute Gasteiger partial charge is 0.377 e. The Hall–Kier alpha value is -0.630. The maximum absolute atomic E-state index is 12.2. The smallest absolute Gasteiger partial charge is 0.261 e. The monoisotopic (exact) mass is 397 g/mol. The maximum Gasteiger partial charge on any atom is 0.261 e. The predicted octanol–water partition coefficient (Wildman–Crippen LogP) is 2.84. The first kappa shape index (κ1) is 18.4. The minimum absolute atomic E-state index is 0.121. The van der Waals surface area contributed by atoms with Crippen LogP contribution < -0.4 is 5.32 Å². The number of benzene rings is 1. The molecule has 5 nitrogen and oxygen atoms in total. The van der Waals surface area contributed by atoms with Gasteiger partial charge in [0, 0.05) is 33.9 Å². The van der Waals surface area contributed by atoms with E-state index in [-0.39, 0.29) is 22.5 Å². The van der Waals surface area contributed by atoms with E-state index in [1.165, 1.54) is 12.1 Å². The van der Waals surface area contributed by atoms with Crippen LogP contribution in [0, 0.1) is 6.92 Å². The van der Waals surface area contributed by atoms with Crippen LogP contribution in [-0.2, 0) is 13.8 Å². The Labute approximate surface area is 137 Å². The van der Waals surface area contributed by atoms with E-state index < -0.39 is 9.05 Å². The SMILES string of the molecule is CCOC(C)CNC(=O)c1cc(S(=O)(=O)Cl)cc(Br)c1C. The number of nitrogens with one attached hydrogen (secondary N) is 1. The van der Waals surface area contributed by atoms with Gasteiger partial charge in [0.25, 0.3) is 15.0 Å². The average Bonchev–Trinajstić information content (AvgIpc) is 2.38.